The highest BCUT2D eigenvalue weighted by molar-refractivity contribution is 14.1. The van der Waals surface area contributed by atoms with Crippen LogP contribution in [0.5, 0.6) is 0 Å². The Bertz CT molecular complexity index is 459. The molecule has 16 heavy (non-hydrogen) atoms. The monoisotopic (exact) mass is 325 g/mol. The van der Waals surface area contributed by atoms with Gasteiger partial charge in [-0.3, -0.25) is 0 Å². The van der Waals surface area contributed by atoms with Gasteiger partial charge in [-0.1, -0.05) is 18.2 Å². The average Bonchev–Trinajstić information content (AvgIpc) is 2.34. The van der Waals surface area contributed by atoms with Crippen LogP contribution in [0.1, 0.15) is 17.2 Å². The van der Waals surface area contributed by atoms with Crippen LogP contribution >= 0.6 is 22.6 Å². The topological polar surface area (TPSA) is 37.8 Å². The molecular formula is C12H12IN3. The van der Waals surface area contributed by atoms with E-state index in [4.69, 9.17) is 0 Å². The summed E-state index contributed by atoms with van der Waals surface area (Å²) in [4.78, 5) is 8.11. The Morgan fingerprint density at radius 3 is 2.50 bits per heavy atom. The summed E-state index contributed by atoms with van der Waals surface area (Å²) in [7, 11) is 1.95. The van der Waals surface area contributed by atoms with Crippen molar-refractivity contribution in [3.63, 3.8) is 0 Å². The molecule has 0 saturated heterocycles. The third kappa shape index (κ3) is 2.38. The molecule has 0 bridgehead atoms. The Hall–Kier alpha value is -1.01. The van der Waals surface area contributed by atoms with Gasteiger partial charge in [0.2, 0.25) is 0 Å². The molecule has 1 aromatic carbocycles. The fourth-order valence-corrected chi connectivity index (χ4v) is 2.37. The Labute approximate surface area is 108 Å². The minimum atomic E-state index is 0.147. The maximum absolute atomic E-state index is 4.06. The van der Waals surface area contributed by atoms with Gasteiger partial charge in [0.05, 0.1) is 6.04 Å². The van der Waals surface area contributed by atoms with Gasteiger partial charge in [-0.25, -0.2) is 9.97 Å². The molecular weight excluding hydrogens is 313 g/mol. The lowest BCUT2D eigenvalue weighted by molar-refractivity contribution is 0.681. The predicted molar refractivity (Wildman–Crippen MR) is 72.1 cm³/mol. The lowest BCUT2D eigenvalue weighted by atomic mass is 10.0. The Balaban J connectivity index is 2.41. The third-order valence-corrected chi connectivity index (χ3v) is 3.40. The van der Waals surface area contributed by atoms with Gasteiger partial charge in [0, 0.05) is 21.5 Å². The summed E-state index contributed by atoms with van der Waals surface area (Å²) in [5, 5.41) is 3.29. The number of nitrogens with zero attached hydrogens (tertiary/aromatic N) is 2. The quantitative estimate of drug-likeness (QED) is 0.881. The molecule has 1 aromatic heterocycles. The molecule has 0 saturated carbocycles. The molecule has 0 radical (unpaired) electrons. The van der Waals surface area contributed by atoms with Crippen LogP contribution in [0.25, 0.3) is 0 Å². The van der Waals surface area contributed by atoms with E-state index < -0.39 is 0 Å². The first-order chi connectivity index (χ1) is 7.83. The molecule has 1 heterocycles. The molecule has 82 valence electrons. The van der Waals surface area contributed by atoms with Gasteiger partial charge in [-0.05, 0) is 41.3 Å². The molecule has 3 nitrogen and oxygen atoms in total. The highest BCUT2D eigenvalue weighted by Crippen LogP contribution is 2.24. The van der Waals surface area contributed by atoms with Crippen molar-refractivity contribution in [3.05, 3.63) is 57.7 Å². The Morgan fingerprint density at radius 2 is 1.88 bits per heavy atom. The van der Waals surface area contributed by atoms with Gasteiger partial charge < -0.3 is 5.32 Å². The standard InChI is InChI=1S/C12H12IN3/c1-14-12(9-6-15-8-16-7-9)10-4-2-3-5-11(10)13/h2-8,12,14H,1H3. The summed E-state index contributed by atoms with van der Waals surface area (Å²) >= 11 is 2.34. The van der Waals surface area contributed by atoms with E-state index in [9.17, 15) is 0 Å². The summed E-state index contributed by atoms with van der Waals surface area (Å²) in [5.41, 5.74) is 2.33. The zero-order chi connectivity index (χ0) is 11.4. The first-order valence-electron chi connectivity index (χ1n) is 4.99. The Morgan fingerprint density at radius 1 is 1.19 bits per heavy atom. The van der Waals surface area contributed by atoms with Gasteiger partial charge >= 0.3 is 0 Å². The van der Waals surface area contributed by atoms with Gasteiger partial charge in [0.1, 0.15) is 6.33 Å². The van der Waals surface area contributed by atoms with E-state index in [0.29, 0.717) is 0 Å². The summed E-state index contributed by atoms with van der Waals surface area (Å²) in [6.45, 7) is 0. The number of aromatic nitrogens is 2. The second-order valence-electron chi connectivity index (χ2n) is 3.42. The average molecular weight is 325 g/mol. The SMILES string of the molecule is CNC(c1cncnc1)c1ccccc1I. The number of hydrogen-bond donors (Lipinski definition) is 1. The highest BCUT2D eigenvalue weighted by atomic mass is 127. The van der Waals surface area contributed by atoms with Crippen molar-refractivity contribution in [2.24, 2.45) is 0 Å². The van der Waals surface area contributed by atoms with Crippen molar-refractivity contribution in [1.82, 2.24) is 15.3 Å². The number of benzene rings is 1. The van der Waals surface area contributed by atoms with Gasteiger partial charge in [0.25, 0.3) is 0 Å². The largest absolute Gasteiger partial charge is 0.309 e. The molecule has 4 heteroatoms. The first-order valence-corrected chi connectivity index (χ1v) is 6.07. The lowest BCUT2D eigenvalue weighted by Gasteiger charge is -2.17. The molecule has 0 aliphatic carbocycles. The molecule has 1 atom stereocenters. The second-order valence-corrected chi connectivity index (χ2v) is 4.58. The molecule has 1 unspecified atom stereocenters. The van der Waals surface area contributed by atoms with Crippen LogP contribution in [0.4, 0.5) is 0 Å². The molecule has 0 amide bonds. The van der Waals surface area contributed by atoms with E-state index in [0.717, 1.165) is 5.56 Å². The molecule has 0 aliphatic rings. The molecule has 0 fully saturated rings. The van der Waals surface area contributed by atoms with Crippen LogP contribution in [0.3, 0.4) is 0 Å². The number of rotatable bonds is 3. The first kappa shape index (κ1) is 11.5. The van der Waals surface area contributed by atoms with Crippen LogP contribution in [0, 0.1) is 3.57 Å². The fraction of sp³-hybridized carbons (Fsp3) is 0.167. The third-order valence-electron chi connectivity index (χ3n) is 2.42. The van der Waals surface area contributed by atoms with Crippen LogP contribution < -0.4 is 5.32 Å². The van der Waals surface area contributed by atoms with E-state index in [1.165, 1.54) is 9.13 Å². The van der Waals surface area contributed by atoms with Crippen molar-refractivity contribution in [1.29, 1.82) is 0 Å². The van der Waals surface area contributed by atoms with Crippen molar-refractivity contribution in [2.75, 3.05) is 7.05 Å². The maximum Gasteiger partial charge on any atom is 0.115 e. The van der Waals surface area contributed by atoms with E-state index in [1.807, 2.05) is 31.6 Å². The normalized spacial score (nSPS) is 12.4. The number of halogens is 1. The zero-order valence-corrected chi connectivity index (χ0v) is 11.0. The smallest absolute Gasteiger partial charge is 0.115 e. The number of nitrogens with one attached hydrogen (secondary N) is 1. The zero-order valence-electron chi connectivity index (χ0n) is 8.89. The molecule has 1 N–H and O–H groups in total. The van der Waals surface area contributed by atoms with E-state index in [1.54, 1.807) is 6.33 Å². The van der Waals surface area contributed by atoms with Crippen molar-refractivity contribution < 1.29 is 0 Å². The summed E-state index contributed by atoms with van der Waals surface area (Å²) in [6, 6.07) is 8.46. The summed E-state index contributed by atoms with van der Waals surface area (Å²) < 4.78 is 1.24. The number of hydrogen-bond acceptors (Lipinski definition) is 3. The molecule has 0 aliphatic heterocycles. The summed E-state index contributed by atoms with van der Waals surface area (Å²) in [6.07, 6.45) is 5.24. The lowest BCUT2D eigenvalue weighted by Crippen LogP contribution is -2.19. The summed E-state index contributed by atoms with van der Waals surface area (Å²) in [5.74, 6) is 0. The van der Waals surface area contributed by atoms with Crippen molar-refractivity contribution >= 4 is 22.6 Å². The molecule has 2 rings (SSSR count). The van der Waals surface area contributed by atoms with Crippen LogP contribution in [-0.4, -0.2) is 17.0 Å². The van der Waals surface area contributed by atoms with E-state index in [-0.39, 0.29) is 6.04 Å². The van der Waals surface area contributed by atoms with Gasteiger partial charge in [0.15, 0.2) is 0 Å². The molecule has 0 spiro atoms. The van der Waals surface area contributed by atoms with Crippen LogP contribution in [-0.2, 0) is 0 Å². The maximum atomic E-state index is 4.06. The second kappa shape index (κ2) is 5.36. The van der Waals surface area contributed by atoms with E-state index >= 15 is 0 Å². The fourth-order valence-electron chi connectivity index (χ4n) is 1.67. The predicted octanol–water partition coefficient (Wildman–Crippen LogP) is 2.39. The highest BCUT2D eigenvalue weighted by Gasteiger charge is 2.14. The van der Waals surface area contributed by atoms with Crippen LogP contribution in [0.2, 0.25) is 0 Å². The van der Waals surface area contributed by atoms with Crippen molar-refractivity contribution in [3.8, 4) is 0 Å². The Kier molecular flexibility index (Phi) is 3.84. The van der Waals surface area contributed by atoms with Crippen molar-refractivity contribution in [2.45, 2.75) is 6.04 Å². The van der Waals surface area contributed by atoms with Crippen LogP contribution in [0.15, 0.2) is 43.0 Å². The minimum Gasteiger partial charge on any atom is -0.309 e. The van der Waals surface area contributed by atoms with Gasteiger partial charge in [-0.15, -0.1) is 0 Å². The minimum absolute atomic E-state index is 0.147. The molecule has 2 aromatic rings. The van der Waals surface area contributed by atoms with Gasteiger partial charge in [-0.2, -0.15) is 0 Å². The van der Waals surface area contributed by atoms with E-state index in [2.05, 4.69) is 50.0 Å².